The van der Waals surface area contributed by atoms with E-state index >= 15 is 0 Å². The molecule has 1 saturated heterocycles. The molecular formula is C24H34N2OS. The molecular weight excluding hydrogens is 364 g/mol. The number of thiazole rings is 1. The largest absolute Gasteiger partial charge is 0.375 e. The van der Waals surface area contributed by atoms with E-state index in [9.17, 15) is 0 Å². The normalized spacial score (nSPS) is 17.8. The van der Waals surface area contributed by atoms with Gasteiger partial charge in [0.05, 0.1) is 12.3 Å². The lowest BCUT2D eigenvalue weighted by Gasteiger charge is -2.13. The van der Waals surface area contributed by atoms with Gasteiger partial charge in [0, 0.05) is 12.0 Å². The van der Waals surface area contributed by atoms with E-state index in [1.807, 2.05) is 6.07 Å². The van der Waals surface area contributed by atoms with E-state index in [4.69, 9.17) is 4.74 Å². The first-order chi connectivity index (χ1) is 13.9. The molecule has 1 N–H and O–H groups in total. The third kappa shape index (κ3) is 8.26. The van der Waals surface area contributed by atoms with Crippen LogP contribution in [0.3, 0.4) is 0 Å². The van der Waals surface area contributed by atoms with Gasteiger partial charge in [-0.15, -0.1) is 11.3 Å². The van der Waals surface area contributed by atoms with Crippen LogP contribution in [0.1, 0.15) is 67.6 Å². The number of aromatic nitrogens is 1. The number of nitrogens with one attached hydrogen (secondary N) is 1. The van der Waals surface area contributed by atoms with Crippen molar-refractivity contribution in [3.8, 4) is 0 Å². The number of rotatable bonds is 11. The highest BCUT2D eigenvalue weighted by Crippen LogP contribution is 2.19. The summed E-state index contributed by atoms with van der Waals surface area (Å²) in [6.45, 7) is 3.93. The lowest BCUT2D eigenvalue weighted by atomic mass is 9.96. The molecule has 1 aromatic carbocycles. The van der Waals surface area contributed by atoms with E-state index in [-0.39, 0.29) is 0 Å². The maximum atomic E-state index is 5.82. The Bertz CT molecular complexity index is 675. The predicted octanol–water partition coefficient (Wildman–Crippen LogP) is 6.17. The number of unbranched alkanes of at least 4 members (excludes halogenated alkanes) is 3. The zero-order chi connectivity index (χ0) is 19.3. The molecule has 0 saturated carbocycles. The van der Waals surface area contributed by atoms with Gasteiger partial charge in [0.1, 0.15) is 5.01 Å². The van der Waals surface area contributed by atoms with Crippen molar-refractivity contribution >= 4 is 23.5 Å². The van der Waals surface area contributed by atoms with Crippen LogP contribution in [0.4, 0.5) is 0 Å². The lowest BCUT2D eigenvalue weighted by Crippen LogP contribution is -2.20. The van der Waals surface area contributed by atoms with E-state index in [1.165, 1.54) is 63.6 Å². The molecule has 1 aliphatic heterocycles. The van der Waals surface area contributed by atoms with Crippen molar-refractivity contribution in [1.82, 2.24) is 10.3 Å². The maximum Gasteiger partial charge on any atom is 0.116 e. The summed E-state index contributed by atoms with van der Waals surface area (Å²) in [6, 6.07) is 10.3. The average Bonchev–Trinajstić information content (AvgIpc) is 3.02. The molecule has 3 nitrogen and oxygen atoms in total. The Morgan fingerprint density at radius 2 is 1.96 bits per heavy atom. The molecule has 1 atom stereocenters. The summed E-state index contributed by atoms with van der Waals surface area (Å²) in [7, 11) is 0. The summed E-state index contributed by atoms with van der Waals surface area (Å²) in [5.74, 6) is 0.911. The Morgan fingerprint density at radius 1 is 1.07 bits per heavy atom. The van der Waals surface area contributed by atoms with Crippen molar-refractivity contribution in [3.05, 3.63) is 52.0 Å². The van der Waals surface area contributed by atoms with Crippen LogP contribution < -0.4 is 5.32 Å². The van der Waals surface area contributed by atoms with Crippen molar-refractivity contribution in [2.75, 3.05) is 19.7 Å². The molecule has 28 heavy (non-hydrogen) atoms. The van der Waals surface area contributed by atoms with E-state index in [1.54, 1.807) is 11.3 Å². The van der Waals surface area contributed by atoms with Crippen molar-refractivity contribution in [3.63, 3.8) is 0 Å². The highest BCUT2D eigenvalue weighted by molar-refractivity contribution is 7.10. The third-order valence-corrected chi connectivity index (χ3v) is 6.20. The molecule has 2 aromatic rings. The van der Waals surface area contributed by atoms with Gasteiger partial charge in [0.15, 0.2) is 0 Å². The SMILES string of the molecule is C(=C\c1nc(COCCCCCCC2CCCCNC2)cs1)/c1ccccc1. The van der Waals surface area contributed by atoms with Crippen molar-refractivity contribution in [2.45, 2.75) is 58.0 Å². The fraction of sp³-hybridized carbons (Fsp3) is 0.542. The van der Waals surface area contributed by atoms with E-state index in [0.29, 0.717) is 6.61 Å². The first-order valence-corrected chi connectivity index (χ1v) is 11.7. The maximum absolute atomic E-state index is 5.82. The Hall–Kier alpha value is -1.49. The van der Waals surface area contributed by atoms with E-state index < -0.39 is 0 Å². The fourth-order valence-corrected chi connectivity index (χ4v) is 4.40. The summed E-state index contributed by atoms with van der Waals surface area (Å²) >= 11 is 1.68. The fourth-order valence-electron chi connectivity index (χ4n) is 3.70. The molecule has 1 fully saturated rings. The number of nitrogens with zero attached hydrogens (tertiary/aromatic N) is 1. The second-order valence-corrected chi connectivity index (χ2v) is 8.63. The van der Waals surface area contributed by atoms with Gasteiger partial charge in [-0.3, -0.25) is 0 Å². The molecule has 0 amide bonds. The second-order valence-electron chi connectivity index (χ2n) is 7.74. The lowest BCUT2D eigenvalue weighted by molar-refractivity contribution is 0.114. The summed E-state index contributed by atoms with van der Waals surface area (Å²) < 4.78 is 5.82. The molecule has 1 unspecified atom stereocenters. The Balaban J connectivity index is 1.22. The van der Waals surface area contributed by atoms with Crippen LogP contribution in [0.5, 0.6) is 0 Å². The minimum absolute atomic E-state index is 0.628. The van der Waals surface area contributed by atoms with Crippen molar-refractivity contribution in [1.29, 1.82) is 0 Å². The minimum Gasteiger partial charge on any atom is -0.375 e. The van der Waals surface area contributed by atoms with E-state index in [2.05, 4.69) is 52.1 Å². The van der Waals surface area contributed by atoms with Gasteiger partial charge in [0.25, 0.3) is 0 Å². The van der Waals surface area contributed by atoms with Gasteiger partial charge in [-0.1, -0.05) is 62.1 Å². The van der Waals surface area contributed by atoms with Crippen LogP contribution in [-0.4, -0.2) is 24.7 Å². The van der Waals surface area contributed by atoms with Crippen molar-refractivity contribution in [2.24, 2.45) is 5.92 Å². The van der Waals surface area contributed by atoms with Crippen LogP contribution in [0.15, 0.2) is 35.7 Å². The van der Waals surface area contributed by atoms with Crippen LogP contribution in [0, 0.1) is 5.92 Å². The number of benzene rings is 1. The van der Waals surface area contributed by atoms with Crippen LogP contribution in [0.2, 0.25) is 0 Å². The molecule has 0 aliphatic carbocycles. The number of ether oxygens (including phenoxy) is 1. The molecule has 1 aliphatic rings. The third-order valence-electron chi connectivity index (χ3n) is 5.34. The quantitative estimate of drug-likeness (QED) is 0.460. The standard InChI is InChI=1S/C24H34N2OS/c1(4-12-22-13-7-8-16-25-18-22)2-9-17-27-19-23-20-28-24(26-23)15-14-21-10-5-3-6-11-21/h3,5-6,10-11,14-15,20,22,25H,1-2,4,7-9,12-13,16-19H2/b15-14+. The molecule has 4 heteroatoms. The predicted molar refractivity (Wildman–Crippen MR) is 120 cm³/mol. The molecule has 0 radical (unpaired) electrons. The summed E-state index contributed by atoms with van der Waals surface area (Å²) in [4.78, 5) is 4.63. The zero-order valence-corrected chi connectivity index (χ0v) is 17.8. The Labute approximate surface area is 174 Å². The van der Waals surface area contributed by atoms with Crippen LogP contribution in [0.25, 0.3) is 12.2 Å². The van der Waals surface area contributed by atoms with E-state index in [0.717, 1.165) is 29.6 Å². The van der Waals surface area contributed by atoms with Gasteiger partial charge in [-0.2, -0.15) is 0 Å². The molecule has 3 rings (SSSR count). The van der Waals surface area contributed by atoms with Gasteiger partial charge in [-0.05, 0) is 56.3 Å². The monoisotopic (exact) mass is 398 g/mol. The molecule has 2 heterocycles. The molecule has 0 bridgehead atoms. The summed E-state index contributed by atoms with van der Waals surface area (Å²) in [5.41, 5.74) is 2.24. The molecule has 1 aromatic heterocycles. The summed E-state index contributed by atoms with van der Waals surface area (Å²) in [5, 5.41) is 6.71. The van der Waals surface area contributed by atoms with Crippen LogP contribution >= 0.6 is 11.3 Å². The Kier molecular flexibility index (Phi) is 9.75. The van der Waals surface area contributed by atoms with Gasteiger partial charge < -0.3 is 10.1 Å². The summed E-state index contributed by atoms with van der Waals surface area (Å²) in [6.07, 6.45) is 14.9. The average molecular weight is 399 g/mol. The van der Waals surface area contributed by atoms with Gasteiger partial charge in [0.2, 0.25) is 0 Å². The van der Waals surface area contributed by atoms with Gasteiger partial charge in [-0.25, -0.2) is 4.98 Å². The number of hydrogen-bond acceptors (Lipinski definition) is 4. The second kappa shape index (κ2) is 12.9. The number of hydrogen-bond donors (Lipinski definition) is 1. The van der Waals surface area contributed by atoms with Gasteiger partial charge >= 0.3 is 0 Å². The minimum atomic E-state index is 0.628. The zero-order valence-electron chi connectivity index (χ0n) is 16.9. The van der Waals surface area contributed by atoms with Crippen molar-refractivity contribution < 1.29 is 4.74 Å². The molecule has 0 spiro atoms. The highest BCUT2D eigenvalue weighted by Gasteiger charge is 2.10. The highest BCUT2D eigenvalue weighted by atomic mass is 32.1. The molecule has 152 valence electrons. The van der Waals surface area contributed by atoms with Crippen LogP contribution in [-0.2, 0) is 11.3 Å². The topological polar surface area (TPSA) is 34.1 Å². The Morgan fingerprint density at radius 3 is 2.89 bits per heavy atom. The first-order valence-electron chi connectivity index (χ1n) is 10.9. The smallest absolute Gasteiger partial charge is 0.116 e. The first kappa shape index (κ1) is 21.2.